The summed E-state index contributed by atoms with van der Waals surface area (Å²) in [6.07, 6.45) is 2.57. The fourth-order valence-electron chi connectivity index (χ4n) is 2.12. The molecule has 0 saturated carbocycles. The highest BCUT2D eigenvalue weighted by atomic mass is 16.5. The van der Waals surface area contributed by atoms with Gasteiger partial charge in [-0.05, 0) is 12.8 Å². The molecule has 0 bridgehead atoms. The van der Waals surface area contributed by atoms with Gasteiger partial charge in [0.05, 0.1) is 25.9 Å². The molecule has 0 radical (unpaired) electrons. The topological polar surface area (TPSA) is 49.8 Å². The number of amides is 1. The second kappa shape index (κ2) is 4.28. The lowest BCUT2D eigenvalue weighted by atomic mass is 10.0. The molecule has 0 spiro atoms. The Morgan fingerprint density at radius 2 is 2.29 bits per heavy atom. The van der Waals surface area contributed by atoms with E-state index >= 15 is 0 Å². The lowest BCUT2D eigenvalue weighted by Crippen LogP contribution is -2.41. The van der Waals surface area contributed by atoms with E-state index < -0.39 is 0 Å². The molecule has 0 aromatic carbocycles. The zero-order valence-corrected chi connectivity index (χ0v) is 8.32. The van der Waals surface area contributed by atoms with Crippen LogP contribution in [-0.2, 0) is 9.53 Å². The van der Waals surface area contributed by atoms with Gasteiger partial charge in [-0.3, -0.25) is 4.79 Å². The first-order chi connectivity index (χ1) is 6.81. The number of aliphatic hydroxyl groups is 1. The van der Waals surface area contributed by atoms with Crippen molar-refractivity contribution in [3.63, 3.8) is 0 Å². The molecule has 0 aromatic rings. The summed E-state index contributed by atoms with van der Waals surface area (Å²) in [6, 6.07) is 0.0727. The standard InChI is InChI=1S/C10H17NO3/c12-5-9-2-1-3-11(9)10(13)4-8-6-14-7-8/h8-9,12H,1-7H2. The van der Waals surface area contributed by atoms with E-state index in [4.69, 9.17) is 9.84 Å². The lowest BCUT2D eigenvalue weighted by molar-refractivity contribution is -0.138. The van der Waals surface area contributed by atoms with Crippen LogP contribution in [0.1, 0.15) is 19.3 Å². The Morgan fingerprint density at radius 1 is 1.50 bits per heavy atom. The maximum absolute atomic E-state index is 11.8. The smallest absolute Gasteiger partial charge is 0.223 e. The molecule has 0 aromatic heterocycles. The Hall–Kier alpha value is -0.610. The molecule has 1 atom stereocenters. The molecule has 14 heavy (non-hydrogen) atoms. The monoisotopic (exact) mass is 199 g/mol. The van der Waals surface area contributed by atoms with Crippen LogP contribution < -0.4 is 0 Å². The molecule has 2 aliphatic heterocycles. The normalized spacial score (nSPS) is 27.8. The minimum Gasteiger partial charge on any atom is -0.394 e. The minimum atomic E-state index is 0.0727. The molecule has 0 aliphatic carbocycles. The molecular weight excluding hydrogens is 182 g/mol. The second-order valence-electron chi connectivity index (χ2n) is 4.17. The molecule has 4 nitrogen and oxygen atoms in total. The fraction of sp³-hybridized carbons (Fsp3) is 0.900. The maximum atomic E-state index is 11.8. The molecule has 4 heteroatoms. The van der Waals surface area contributed by atoms with E-state index in [0.717, 1.165) is 32.6 Å². The highest BCUT2D eigenvalue weighted by Gasteiger charge is 2.31. The van der Waals surface area contributed by atoms with Crippen molar-refractivity contribution in [1.29, 1.82) is 0 Å². The second-order valence-corrected chi connectivity index (χ2v) is 4.17. The van der Waals surface area contributed by atoms with Gasteiger partial charge in [-0.15, -0.1) is 0 Å². The van der Waals surface area contributed by atoms with Gasteiger partial charge < -0.3 is 14.7 Å². The predicted molar refractivity (Wildman–Crippen MR) is 50.7 cm³/mol. The van der Waals surface area contributed by atoms with Crippen molar-refractivity contribution in [2.45, 2.75) is 25.3 Å². The number of hydrogen-bond acceptors (Lipinski definition) is 3. The lowest BCUT2D eigenvalue weighted by Gasteiger charge is -2.29. The van der Waals surface area contributed by atoms with Crippen LogP contribution in [0.25, 0.3) is 0 Å². The molecule has 2 fully saturated rings. The van der Waals surface area contributed by atoms with Gasteiger partial charge in [0.1, 0.15) is 0 Å². The molecular formula is C10H17NO3. The number of likely N-dealkylation sites (tertiary alicyclic amines) is 1. The Kier molecular flexibility index (Phi) is 3.03. The maximum Gasteiger partial charge on any atom is 0.223 e. The minimum absolute atomic E-state index is 0.0727. The highest BCUT2D eigenvalue weighted by molar-refractivity contribution is 5.77. The summed E-state index contributed by atoms with van der Waals surface area (Å²) >= 11 is 0. The van der Waals surface area contributed by atoms with Crippen molar-refractivity contribution in [1.82, 2.24) is 4.90 Å². The summed E-state index contributed by atoms with van der Waals surface area (Å²) in [4.78, 5) is 13.6. The Labute approximate surface area is 83.8 Å². The largest absolute Gasteiger partial charge is 0.394 e. The van der Waals surface area contributed by atoms with Gasteiger partial charge in [-0.2, -0.15) is 0 Å². The summed E-state index contributed by atoms with van der Waals surface area (Å²) in [5.74, 6) is 0.609. The van der Waals surface area contributed by atoms with Crippen LogP contribution >= 0.6 is 0 Å². The first kappa shape index (κ1) is 9.93. The van der Waals surface area contributed by atoms with Crippen LogP contribution in [0.4, 0.5) is 0 Å². The van der Waals surface area contributed by atoms with Crippen LogP contribution in [-0.4, -0.2) is 48.3 Å². The molecule has 1 unspecified atom stereocenters. The van der Waals surface area contributed by atoms with E-state index in [9.17, 15) is 4.79 Å². The van der Waals surface area contributed by atoms with E-state index in [-0.39, 0.29) is 18.6 Å². The van der Waals surface area contributed by atoms with Crippen LogP contribution in [0.2, 0.25) is 0 Å². The van der Waals surface area contributed by atoms with Crippen molar-refractivity contribution in [2.75, 3.05) is 26.4 Å². The van der Waals surface area contributed by atoms with Gasteiger partial charge in [0.25, 0.3) is 0 Å². The van der Waals surface area contributed by atoms with Crippen LogP contribution in [0.15, 0.2) is 0 Å². The number of hydrogen-bond donors (Lipinski definition) is 1. The molecule has 2 rings (SSSR count). The average Bonchev–Trinajstić information content (AvgIpc) is 2.58. The zero-order chi connectivity index (χ0) is 9.97. The first-order valence-corrected chi connectivity index (χ1v) is 5.29. The van der Waals surface area contributed by atoms with Gasteiger partial charge in [-0.25, -0.2) is 0 Å². The van der Waals surface area contributed by atoms with Crippen LogP contribution in [0.5, 0.6) is 0 Å². The number of aliphatic hydroxyl groups excluding tert-OH is 1. The SMILES string of the molecule is O=C(CC1COC1)N1CCCC1CO. The molecule has 1 amide bonds. The first-order valence-electron chi connectivity index (χ1n) is 5.29. The van der Waals surface area contributed by atoms with Gasteiger partial charge in [-0.1, -0.05) is 0 Å². The third-order valence-electron chi connectivity index (χ3n) is 3.08. The Morgan fingerprint density at radius 3 is 2.86 bits per heavy atom. The van der Waals surface area contributed by atoms with E-state index in [2.05, 4.69) is 0 Å². The van der Waals surface area contributed by atoms with E-state index in [1.165, 1.54) is 0 Å². The van der Waals surface area contributed by atoms with Gasteiger partial charge in [0.2, 0.25) is 5.91 Å². The van der Waals surface area contributed by atoms with E-state index in [1.807, 2.05) is 4.90 Å². The van der Waals surface area contributed by atoms with Gasteiger partial charge in [0, 0.05) is 18.9 Å². The summed E-state index contributed by atoms with van der Waals surface area (Å²) in [5.41, 5.74) is 0. The van der Waals surface area contributed by atoms with E-state index in [0.29, 0.717) is 12.3 Å². The van der Waals surface area contributed by atoms with Gasteiger partial charge >= 0.3 is 0 Å². The Balaban J connectivity index is 1.83. The molecule has 80 valence electrons. The molecule has 2 saturated heterocycles. The van der Waals surface area contributed by atoms with Crippen molar-refractivity contribution in [2.24, 2.45) is 5.92 Å². The quantitative estimate of drug-likeness (QED) is 0.696. The number of rotatable bonds is 3. The number of carbonyl (C=O) groups excluding carboxylic acids is 1. The summed E-state index contributed by atoms with van der Waals surface area (Å²) in [7, 11) is 0. The van der Waals surface area contributed by atoms with Gasteiger partial charge in [0.15, 0.2) is 0 Å². The molecule has 2 aliphatic rings. The van der Waals surface area contributed by atoms with Crippen molar-refractivity contribution in [3.8, 4) is 0 Å². The number of carbonyl (C=O) groups is 1. The van der Waals surface area contributed by atoms with Crippen molar-refractivity contribution >= 4 is 5.91 Å². The molecule has 1 N–H and O–H groups in total. The third kappa shape index (κ3) is 1.91. The zero-order valence-electron chi connectivity index (χ0n) is 8.32. The van der Waals surface area contributed by atoms with Crippen LogP contribution in [0, 0.1) is 5.92 Å². The van der Waals surface area contributed by atoms with E-state index in [1.54, 1.807) is 0 Å². The summed E-state index contributed by atoms with van der Waals surface area (Å²) in [5, 5.41) is 9.07. The van der Waals surface area contributed by atoms with Crippen molar-refractivity contribution < 1.29 is 14.6 Å². The number of nitrogens with zero attached hydrogens (tertiary/aromatic N) is 1. The van der Waals surface area contributed by atoms with Crippen LogP contribution in [0.3, 0.4) is 0 Å². The highest BCUT2D eigenvalue weighted by Crippen LogP contribution is 2.21. The summed E-state index contributed by atoms with van der Waals surface area (Å²) in [6.45, 7) is 2.37. The average molecular weight is 199 g/mol. The Bertz CT molecular complexity index is 215. The summed E-state index contributed by atoms with van der Waals surface area (Å²) < 4.78 is 5.03. The molecule has 2 heterocycles. The van der Waals surface area contributed by atoms with Crippen molar-refractivity contribution in [3.05, 3.63) is 0 Å². The predicted octanol–water partition coefficient (Wildman–Crippen LogP) is 0.00620. The number of ether oxygens (including phenoxy) is 1. The fourth-order valence-corrected chi connectivity index (χ4v) is 2.12. The third-order valence-corrected chi connectivity index (χ3v) is 3.08.